The highest BCUT2D eigenvalue weighted by Crippen LogP contribution is 2.26. The highest BCUT2D eigenvalue weighted by Gasteiger charge is 2.36. The summed E-state index contributed by atoms with van der Waals surface area (Å²) in [6.45, 7) is 4.42. The first-order valence-corrected chi connectivity index (χ1v) is 9.04. The maximum absolute atomic E-state index is 12.3. The maximum Gasteiger partial charge on any atom is 0.241 e. The Morgan fingerprint density at radius 1 is 1.38 bits per heavy atom. The molecule has 1 heterocycles. The molecule has 1 fully saturated rings. The van der Waals surface area contributed by atoms with Gasteiger partial charge < -0.3 is 4.90 Å². The lowest BCUT2D eigenvalue weighted by atomic mass is 10.1. The zero-order valence-electron chi connectivity index (χ0n) is 12.5. The summed E-state index contributed by atoms with van der Waals surface area (Å²) in [6, 6.07) is 7.31. The second kappa shape index (κ2) is 6.90. The molecule has 0 bridgehead atoms. The van der Waals surface area contributed by atoms with Crippen molar-refractivity contribution < 1.29 is 9.00 Å². The quantitative estimate of drug-likeness (QED) is 0.902. The van der Waals surface area contributed by atoms with Crippen LogP contribution in [0.5, 0.6) is 0 Å². The van der Waals surface area contributed by atoms with Crippen LogP contribution in [-0.4, -0.2) is 39.1 Å². The van der Waals surface area contributed by atoms with E-state index in [0.29, 0.717) is 11.6 Å². The summed E-state index contributed by atoms with van der Waals surface area (Å²) < 4.78 is 11.5. The molecule has 116 valence electrons. The molecule has 1 aromatic carbocycles. The van der Waals surface area contributed by atoms with Crippen LogP contribution in [0.1, 0.15) is 32.0 Å². The largest absolute Gasteiger partial charge is 0.322 e. The van der Waals surface area contributed by atoms with Gasteiger partial charge >= 0.3 is 0 Å². The SMILES string of the molecule is CC1NC(c2ccc(Cl)cc2)N(CCC(C)S(C)=O)C1=O. The number of benzene rings is 1. The molecule has 2 rings (SSSR count). The average Bonchev–Trinajstić information content (AvgIpc) is 2.73. The molecule has 6 heteroatoms. The number of nitrogens with one attached hydrogen (secondary N) is 1. The number of carbonyl (C=O) groups is 1. The number of carbonyl (C=O) groups excluding carboxylic acids is 1. The summed E-state index contributed by atoms with van der Waals surface area (Å²) in [5.41, 5.74) is 1.02. The van der Waals surface area contributed by atoms with Gasteiger partial charge in [-0.3, -0.25) is 14.3 Å². The van der Waals surface area contributed by atoms with Crippen LogP contribution >= 0.6 is 11.6 Å². The van der Waals surface area contributed by atoms with E-state index in [4.69, 9.17) is 11.6 Å². The van der Waals surface area contributed by atoms with E-state index in [2.05, 4.69) is 5.32 Å². The molecule has 0 aromatic heterocycles. The normalized spacial score (nSPS) is 25.1. The minimum atomic E-state index is -0.865. The Balaban J connectivity index is 2.13. The molecule has 1 aliphatic heterocycles. The Labute approximate surface area is 133 Å². The third-order valence-electron chi connectivity index (χ3n) is 3.90. The summed E-state index contributed by atoms with van der Waals surface area (Å²) in [4.78, 5) is 14.1. The highest BCUT2D eigenvalue weighted by molar-refractivity contribution is 7.84. The fourth-order valence-corrected chi connectivity index (χ4v) is 2.98. The van der Waals surface area contributed by atoms with Gasteiger partial charge in [0.15, 0.2) is 0 Å². The number of halogens is 1. The molecule has 4 atom stereocenters. The van der Waals surface area contributed by atoms with E-state index < -0.39 is 10.8 Å². The Kier molecular flexibility index (Phi) is 5.41. The minimum absolute atomic E-state index is 0.0829. The lowest BCUT2D eigenvalue weighted by Gasteiger charge is -2.25. The molecule has 4 unspecified atom stereocenters. The van der Waals surface area contributed by atoms with E-state index in [-0.39, 0.29) is 23.4 Å². The second-order valence-electron chi connectivity index (χ2n) is 5.47. The molecule has 1 saturated heterocycles. The number of amides is 1. The van der Waals surface area contributed by atoms with Crippen molar-refractivity contribution in [3.05, 3.63) is 34.9 Å². The van der Waals surface area contributed by atoms with Crippen molar-refractivity contribution in [1.29, 1.82) is 0 Å². The minimum Gasteiger partial charge on any atom is -0.322 e. The molecule has 4 nitrogen and oxygen atoms in total. The van der Waals surface area contributed by atoms with Crippen molar-refractivity contribution in [3.8, 4) is 0 Å². The Morgan fingerprint density at radius 3 is 2.57 bits per heavy atom. The van der Waals surface area contributed by atoms with Crippen LogP contribution in [0.3, 0.4) is 0 Å². The number of nitrogens with zero attached hydrogens (tertiary/aromatic N) is 1. The zero-order chi connectivity index (χ0) is 15.6. The first-order chi connectivity index (χ1) is 9.90. The van der Waals surface area contributed by atoms with Gasteiger partial charge in [-0.05, 0) is 31.0 Å². The monoisotopic (exact) mass is 328 g/mol. The van der Waals surface area contributed by atoms with E-state index in [1.807, 2.05) is 43.0 Å². The summed E-state index contributed by atoms with van der Waals surface area (Å²) in [5.74, 6) is 0.0871. The van der Waals surface area contributed by atoms with Crippen LogP contribution in [-0.2, 0) is 15.6 Å². The van der Waals surface area contributed by atoms with E-state index in [1.54, 1.807) is 6.26 Å². The number of hydrogen-bond acceptors (Lipinski definition) is 3. The summed E-state index contributed by atoms with van der Waals surface area (Å²) in [5, 5.41) is 4.06. The van der Waals surface area contributed by atoms with Crippen molar-refractivity contribution in [1.82, 2.24) is 10.2 Å². The summed E-state index contributed by atoms with van der Waals surface area (Å²) in [7, 11) is -0.865. The van der Waals surface area contributed by atoms with E-state index in [0.717, 1.165) is 12.0 Å². The Morgan fingerprint density at radius 2 is 2.00 bits per heavy atom. The third kappa shape index (κ3) is 3.84. The average molecular weight is 329 g/mol. The standard InChI is InChI=1S/C15H21ClN2O2S/c1-10(21(3)20)8-9-18-14(17-11(2)15(18)19)12-4-6-13(16)7-5-12/h4-7,10-11,14,17H,8-9H2,1-3H3. The summed E-state index contributed by atoms with van der Waals surface area (Å²) >= 11 is 5.91. The smallest absolute Gasteiger partial charge is 0.241 e. The third-order valence-corrected chi connectivity index (χ3v) is 5.52. The van der Waals surface area contributed by atoms with Gasteiger partial charge in [0, 0.05) is 33.9 Å². The molecule has 0 aliphatic carbocycles. The van der Waals surface area contributed by atoms with E-state index in [1.165, 1.54) is 0 Å². The predicted octanol–water partition coefficient (Wildman–Crippen LogP) is 2.32. The molecular weight excluding hydrogens is 308 g/mol. The Bertz CT molecular complexity index is 535. The molecule has 1 aromatic rings. The topological polar surface area (TPSA) is 49.4 Å². The predicted molar refractivity (Wildman–Crippen MR) is 86.6 cm³/mol. The molecule has 1 N–H and O–H groups in total. The van der Waals surface area contributed by atoms with Crippen molar-refractivity contribution in [2.75, 3.05) is 12.8 Å². The van der Waals surface area contributed by atoms with Gasteiger partial charge in [0.25, 0.3) is 0 Å². The molecule has 0 spiro atoms. The van der Waals surface area contributed by atoms with Crippen LogP contribution in [0.25, 0.3) is 0 Å². The van der Waals surface area contributed by atoms with E-state index >= 15 is 0 Å². The van der Waals surface area contributed by atoms with Crippen molar-refractivity contribution in [2.45, 2.75) is 37.7 Å². The zero-order valence-corrected chi connectivity index (χ0v) is 14.1. The molecule has 21 heavy (non-hydrogen) atoms. The van der Waals surface area contributed by atoms with E-state index in [9.17, 15) is 9.00 Å². The van der Waals surface area contributed by atoms with Gasteiger partial charge in [-0.2, -0.15) is 0 Å². The van der Waals surface area contributed by atoms with Crippen molar-refractivity contribution in [3.63, 3.8) is 0 Å². The van der Waals surface area contributed by atoms with Crippen LogP contribution in [0.2, 0.25) is 5.02 Å². The van der Waals surface area contributed by atoms with Gasteiger partial charge in [-0.15, -0.1) is 0 Å². The second-order valence-corrected chi connectivity index (χ2v) is 7.71. The number of rotatable bonds is 5. The Hall–Kier alpha value is -0.910. The molecular formula is C15H21ClN2O2S. The van der Waals surface area contributed by atoms with Gasteiger partial charge in [0.2, 0.25) is 5.91 Å². The molecule has 0 saturated carbocycles. The van der Waals surface area contributed by atoms with Crippen LogP contribution in [0.4, 0.5) is 0 Å². The van der Waals surface area contributed by atoms with Gasteiger partial charge in [0.1, 0.15) is 6.17 Å². The highest BCUT2D eigenvalue weighted by atomic mass is 35.5. The van der Waals surface area contributed by atoms with Crippen LogP contribution < -0.4 is 5.32 Å². The van der Waals surface area contributed by atoms with Crippen molar-refractivity contribution >= 4 is 28.3 Å². The van der Waals surface area contributed by atoms with Gasteiger partial charge in [-0.1, -0.05) is 30.7 Å². The van der Waals surface area contributed by atoms with Gasteiger partial charge in [-0.25, -0.2) is 0 Å². The fraction of sp³-hybridized carbons (Fsp3) is 0.533. The van der Waals surface area contributed by atoms with Gasteiger partial charge in [0.05, 0.1) is 6.04 Å². The molecule has 1 aliphatic rings. The van der Waals surface area contributed by atoms with Crippen LogP contribution in [0, 0.1) is 0 Å². The first kappa shape index (κ1) is 16.5. The molecule has 1 amide bonds. The fourth-order valence-electron chi connectivity index (χ4n) is 2.42. The summed E-state index contributed by atoms with van der Waals surface area (Å²) in [6.07, 6.45) is 2.30. The lowest BCUT2D eigenvalue weighted by Crippen LogP contribution is -2.33. The van der Waals surface area contributed by atoms with Crippen molar-refractivity contribution in [2.24, 2.45) is 0 Å². The van der Waals surface area contributed by atoms with Crippen LogP contribution in [0.15, 0.2) is 24.3 Å². The first-order valence-electron chi connectivity index (χ1n) is 7.04. The lowest BCUT2D eigenvalue weighted by molar-refractivity contribution is -0.129. The number of hydrogen-bond donors (Lipinski definition) is 1. The maximum atomic E-state index is 12.3. The molecule has 0 radical (unpaired) electrons.